The Morgan fingerprint density at radius 2 is 1.82 bits per heavy atom. The Bertz CT molecular complexity index is 1440. The predicted octanol–water partition coefficient (Wildman–Crippen LogP) is 3.38. The third-order valence-electron chi connectivity index (χ3n) is 6.53. The number of nitrogens with zero attached hydrogens (tertiary/aromatic N) is 6. The second kappa shape index (κ2) is 11.8. The molecule has 0 spiro atoms. The fourth-order valence-electron chi connectivity index (χ4n) is 4.63. The lowest BCUT2D eigenvalue weighted by atomic mass is 10.1. The minimum Gasteiger partial charge on any atom is -0.493 e. The Hall–Kier alpha value is -4.00. The molecule has 2 N–H and O–H groups in total. The molecule has 3 aromatic heterocycles. The lowest BCUT2D eigenvalue weighted by molar-refractivity contribution is 0.0947. The predicted molar refractivity (Wildman–Crippen MR) is 149 cm³/mol. The summed E-state index contributed by atoms with van der Waals surface area (Å²) < 4.78 is 18.1. The van der Waals surface area contributed by atoms with Gasteiger partial charge in [-0.25, -0.2) is 14.6 Å². The van der Waals surface area contributed by atoms with E-state index in [-0.39, 0.29) is 5.91 Å². The molecule has 4 heterocycles. The van der Waals surface area contributed by atoms with Crippen LogP contribution in [0.15, 0.2) is 29.6 Å². The van der Waals surface area contributed by atoms with Crippen molar-refractivity contribution in [3.05, 3.63) is 30.1 Å². The summed E-state index contributed by atoms with van der Waals surface area (Å²) in [6.07, 6.45) is 4.15. The third kappa shape index (κ3) is 5.44. The second-order valence-corrected chi connectivity index (χ2v) is 10.1. The molecule has 1 fully saturated rings. The fourth-order valence-corrected chi connectivity index (χ4v) is 5.19. The van der Waals surface area contributed by atoms with Crippen LogP contribution >= 0.6 is 11.8 Å². The third-order valence-corrected chi connectivity index (χ3v) is 7.26. The average Bonchev–Trinajstić information content (AvgIpc) is 3.74. The van der Waals surface area contributed by atoms with Gasteiger partial charge in [0.15, 0.2) is 22.3 Å². The first-order chi connectivity index (χ1) is 19.1. The number of carbonyl (C=O) groups excluding carboxylic acids is 1. The maximum atomic E-state index is 12.9. The monoisotopic (exact) mass is 552 g/mol. The van der Waals surface area contributed by atoms with E-state index in [2.05, 4.69) is 32.4 Å². The highest BCUT2D eigenvalue weighted by atomic mass is 32.2. The number of aromatic nitrogens is 6. The highest BCUT2D eigenvalue weighted by Crippen LogP contribution is 2.40. The number of methoxy groups -OCH3 is 3. The number of anilines is 1. The molecular formula is C26H32N8O4S. The summed E-state index contributed by atoms with van der Waals surface area (Å²) >= 11 is 1.61. The normalized spacial score (nSPS) is 13.2. The van der Waals surface area contributed by atoms with Crippen LogP contribution in [0.1, 0.15) is 30.3 Å². The van der Waals surface area contributed by atoms with Crippen molar-refractivity contribution in [3.63, 3.8) is 0 Å². The van der Waals surface area contributed by atoms with E-state index in [1.807, 2.05) is 10.9 Å². The van der Waals surface area contributed by atoms with Crippen molar-refractivity contribution in [1.82, 2.24) is 35.3 Å². The van der Waals surface area contributed by atoms with Gasteiger partial charge in [-0.15, -0.1) is 0 Å². The van der Waals surface area contributed by atoms with Crippen molar-refractivity contribution in [2.45, 2.75) is 31.5 Å². The molecule has 206 valence electrons. The minimum absolute atomic E-state index is 0.271. The van der Waals surface area contributed by atoms with Gasteiger partial charge in [0.05, 0.1) is 45.2 Å². The van der Waals surface area contributed by atoms with Crippen molar-refractivity contribution >= 4 is 34.5 Å². The minimum atomic E-state index is -0.271. The fraction of sp³-hybridized carbons (Fsp3) is 0.423. The van der Waals surface area contributed by atoms with Crippen LogP contribution in [0.5, 0.6) is 17.2 Å². The van der Waals surface area contributed by atoms with Gasteiger partial charge in [0.1, 0.15) is 11.5 Å². The van der Waals surface area contributed by atoms with Crippen molar-refractivity contribution < 1.29 is 19.0 Å². The summed E-state index contributed by atoms with van der Waals surface area (Å²) in [4.78, 5) is 24.8. The molecule has 1 saturated heterocycles. The number of carbonyl (C=O) groups is 1. The molecule has 1 aliphatic rings. The molecule has 1 amide bonds. The molecule has 12 nitrogen and oxygen atoms in total. The average molecular weight is 553 g/mol. The smallest absolute Gasteiger partial charge is 0.269 e. The second-order valence-electron chi connectivity index (χ2n) is 8.90. The summed E-state index contributed by atoms with van der Waals surface area (Å²) in [5.74, 6) is 3.06. The van der Waals surface area contributed by atoms with E-state index < -0.39 is 0 Å². The van der Waals surface area contributed by atoms with E-state index in [0.29, 0.717) is 41.7 Å². The zero-order valence-corrected chi connectivity index (χ0v) is 23.3. The van der Waals surface area contributed by atoms with Crippen LogP contribution in [0.2, 0.25) is 0 Å². The van der Waals surface area contributed by atoms with Gasteiger partial charge in [-0.2, -0.15) is 10.2 Å². The van der Waals surface area contributed by atoms with Gasteiger partial charge in [0, 0.05) is 25.2 Å². The Kier molecular flexibility index (Phi) is 8.05. The summed E-state index contributed by atoms with van der Waals surface area (Å²) in [6.45, 7) is 4.91. The Balaban J connectivity index is 1.29. The zero-order chi connectivity index (χ0) is 27.4. The van der Waals surface area contributed by atoms with E-state index >= 15 is 0 Å². The van der Waals surface area contributed by atoms with Gasteiger partial charge in [-0.05, 0) is 36.8 Å². The molecule has 13 heteroatoms. The van der Waals surface area contributed by atoms with E-state index in [9.17, 15) is 4.79 Å². The van der Waals surface area contributed by atoms with E-state index in [1.165, 1.54) is 0 Å². The molecule has 0 unspecified atom stereocenters. The number of amides is 1. The van der Waals surface area contributed by atoms with Crippen molar-refractivity contribution in [1.29, 1.82) is 0 Å². The Morgan fingerprint density at radius 1 is 1.08 bits per heavy atom. The first kappa shape index (κ1) is 26.6. The number of ether oxygens (including phenoxy) is 3. The van der Waals surface area contributed by atoms with Crippen LogP contribution in [0.4, 0.5) is 5.82 Å². The molecule has 5 rings (SSSR count). The molecule has 0 radical (unpaired) electrons. The Labute approximate surface area is 230 Å². The summed E-state index contributed by atoms with van der Waals surface area (Å²) in [7, 11) is 4.65. The number of H-pyrrole nitrogens is 1. The number of hydrogen-bond acceptors (Lipinski definition) is 10. The van der Waals surface area contributed by atoms with Gasteiger partial charge < -0.3 is 24.4 Å². The van der Waals surface area contributed by atoms with E-state index in [4.69, 9.17) is 24.2 Å². The largest absolute Gasteiger partial charge is 0.493 e. The maximum absolute atomic E-state index is 12.9. The lowest BCUT2D eigenvalue weighted by Gasteiger charge is -2.17. The van der Waals surface area contributed by atoms with Gasteiger partial charge in [0.25, 0.3) is 5.91 Å². The topological polar surface area (TPSA) is 132 Å². The molecule has 39 heavy (non-hydrogen) atoms. The molecule has 1 aromatic carbocycles. The molecule has 0 aliphatic carbocycles. The molecule has 0 atom stereocenters. The van der Waals surface area contributed by atoms with Crippen LogP contribution < -0.4 is 24.4 Å². The molecule has 4 aromatic rings. The molecule has 0 bridgehead atoms. The van der Waals surface area contributed by atoms with Crippen LogP contribution in [-0.4, -0.2) is 82.6 Å². The standard InChI is InChI=1S/C26H32N8O4S/c1-5-39-26-29-23(33-9-6-7-10-33)17-15-28-34(24(17)30-26)11-8-27-25(35)19-14-18(31-32-19)16-12-20(36-2)22(38-4)21(13-16)37-3/h12-15H,5-11H2,1-4H3,(H,27,35)(H,31,32). The summed E-state index contributed by atoms with van der Waals surface area (Å²) in [5.41, 5.74) is 2.41. The first-order valence-electron chi connectivity index (χ1n) is 12.8. The van der Waals surface area contributed by atoms with Crippen molar-refractivity contribution in [2.24, 2.45) is 0 Å². The highest BCUT2D eigenvalue weighted by molar-refractivity contribution is 7.99. The number of thioether (sulfide) groups is 1. The maximum Gasteiger partial charge on any atom is 0.269 e. The van der Waals surface area contributed by atoms with Crippen molar-refractivity contribution in [2.75, 3.05) is 51.6 Å². The van der Waals surface area contributed by atoms with Gasteiger partial charge in [-0.3, -0.25) is 9.89 Å². The first-order valence-corrected chi connectivity index (χ1v) is 13.8. The summed E-state index contributed by atoms with van der Waals surface area (Å²) in [5, 5.41) is 16.3. The SMILES string of the molecule is CCSc1nc(N2CCCC2)c2cnn(CCNC(=O)c3cc(-c4cc(OC)c(OC)c(OC)c4)n[nH]3)c2n1. The number of rotatable bonds is 11. The zero-order valence-electron chi connectivity index (χ0n) is 22.5. The quantitative estimate of drug-likeness (QED) is 0.211. The molecule has 1 aliphatic heterocycles. The van der Waals surface area contributed by atoms with Crippen LogP contribution in [0, 0.1) is 0 Å². The number of nitrogens with one attached hydrogen (secondary N) is 2. The number of hydrogen-bond donors (Lipinski definition) is 2. The van der Waals surface area contributed by atoms with Gasteiger partial charge in [0.2, 0.25) is 5.75 Å². The summed E-state index contributed by atoms with van der Waals surface area (Å²) in [6, 6.07) is 5.25. The van der Waals surface area contributed by atoms with E-state index in [0.717, 1.165) is 59.3 Å². The highest BCUT2D eigenvalue weighted by Gasteiger charge is 2.21. The molecular weight excluding hydrogens is 520 g/mol. The number of benzene rings is 1. The molecule has 0 saturated carbocycles. The van der Waals surface area contributed by atoms with Crippen LogP contribution in [0.25, 0.3) is 22.3 Å². The van der Waals surface area contributed by atoms with Crippen molar-refractivity contribution in [3.8, 4) is 28.5 Å². The Morgan fingerprint density at radius 3 is 2.49 bits per heavy atom. The number of fused-ring (bicyclic) bond motifs is 1. The van der Waals surface area contributed by atoms with Crippen LogP contribution in [0.3, 0.4) is 0 Å². The van der Waals surface area contributed by atoms with Crippen LogP contribution in [-0.2, 0) is 6.54 Å². The van der Waals surface area contributed by atoms with Gasteiger partial charge in [-0.1, -0.05) is 18.7 Å². The van der Waals surface area contributed by atoms with E-state index in [1.54, 1.807) is 51.3 Å². The number of aromatic amines is 1. The lowest BCUT2D eigenvalue weighted by Crippen LogP contribution is -2.28. The van der Waals surface area contributed by atoms with Gasteiger partial charge >= 0.3 is 0 Å².